The molecule has 456 valence electrons. The van der Waals surface area contributed by atoms with E-state index in [9.17, 15) is 0 Å². The van der Waals surface area contributed by atoms with Gasteiger partial charge in [-0.15, -0.1) is 0 Å². The molecule has 5 rings (SSSR count). The van der Waals surface area contributed by atoms with Crippen molar-refractivity contribution >= 4 is 0 Å². The standard InChI is InChI=1S/C15H31N.C14H30N2.C13H28N2.C13H27N.C12H27N3/c2*1-13(2)7-5-6-8-15-9-11-16(12-10-15)14(3)4;1-11(2)14-8-5-13-6-9-15(10-7-13)12(3)4;1-11(2)5-6-13-7-9-14(10-8-13)12(3)4;1-11(2)13-5-6-14-7-9-15(10-8-14)12(3)4/h13-15H,5-12H2,1-4H3;13-14H,5-12H2,1-4H3;11-14H,5-10H2,1-4H3;11-13H,5-10H2,1-4H3;11-13H,5-10H2,1-4H3. The quantitative estimate of drug-likeness (QED) is 0.0825. The van der Waals surface area contributed by atoms with Crippen LogP contribution in [0.2, 0.25) is 0 Å². The summed E-state index contributed by atoms with van der Waals surface area (Å²) in [6.45, 7) is 68.7. The Balaban J connectivity index is 0.000000475. The molecule has 5 aliphatic rings. The molecule has 5 saturated heterocycles. The minimum atomic E-state index is 0.613. The molecule has 0 unspecified atom stereocenters. The van der Waals surface area contributed by atoms with Gasteiger partial charge in [0.15, 0.2) is 0 Å². The van der Waals surface area contributed by atoms with Gasteiger partial charge in [0.05, 0.1) is 0 Å². The van der Waals surface area contributed by atoms with Crippen molar-refractivity contribution < 1.29 is 0 Å². The first-order valence-electron chi connectivity index (χ1n) is 33.6. The lowest BCUT2D eigenvalue weighted by atomic mass is 9.89. The van der Waals surface area contributed by atoms with E-state index in [0.29, 0.717) is 18.1 Å². The van der Waals surface area contributed by atoms with E-state index in [0.717, 1.165) is 66.2 Å². The summed E-state index contributed by atoms with van der Waals surface area (Å²) in [5.74, 6) is 5.67. The van der Waals surface area contributed by atoms with Gasteiger partial charge in [-0.05, 0) is 208 Å². The van der Waals surface area contributed by atoms with Gasteiger partial charge >= 0.3 is 0 Å². The second kappa shape index (κ2) is 44.3. The van der Waals surface area contributed by atoms with Crippen LogP contribution in [0.25, 0.3) is 0 Å². The Morgan fingerprint density at radius 2 is 0.592 bits per heavy atom. The van der Waals surface area contributed by atoms with Crippen LogP contribution in [0.1, 0.15) is 241 Å². The van der Waals surface area contributed by atoms with Crippen LogP contribution in [0.3, 0.4) is 0 Å². The summed E-state index contributed by atoms with van der Waals surface area (Å²) in [4.78, 5) is 18.2. The van der Waals surface area contributed by atoms with Crippen LogP contribution in [0, 0.1) is 35.5 Å². The number of unbranched alkanes of at least 4 members (excludes halogenated alkanes) is 2. The van der Waals surface area contributed by atoms with Gasteiger partial charge in [-0.2, -0.15) is 0 Å². The van der Waals surface area contributed by atoms with Gasteiger partial charge in [-0.25, -0.2) is 0 Å². The Labute approximate surface area is 479 Å². The van der Waals surface area contributed by atoms with Crippen LogP contribution < -0.4 is 10.6 Å². The number of rotatable bonds is 26. The van der Waals surface area contributed by atoms with Crippen LogP contribution in [0.5, 0.6) is 0 Å². The highest BCUT2D eigenvalue weighted by Crippen LogP contribution is 2.26. The first kappa shape index (κ1) is 73.7. The first-order chi connectivity index (χ1) is 36.0. The monoisotopic (exact) mass is 1070 g/mol. The molecule has 0 aromatic rings. The lowest BCUT2D eigenvalue weighted by Gasteiger charge is -2.37. The maximum atomic E-state index is 3.51. The number of piperazine rings is 2. The predicted octanol–water partition coefficient (Wildman–Crippen LogP) is 14.2. The molecule has 0 radical (unpaired) electrons. The van der Waals surface area contributed by atoms with E-state index in [2.05, 4.69) is 183 Å². The molecule has 0 atom stereocenters. The largest absolute Gasteiger partial charge is 0.315 e. The predicted molar refractivity (Wildman–Crippen MR) is 342 cm³/mol. The highest BCUT2D eigenvalue weighted by molar-refractivity contribution is 4.79. The Kier molecular flexibility index (Phi) is 42.9. The van der Waals surface area contributed by atoms with E-state index in [1.165, 1.54) is 214 Å². The van der Waals surface area contributed by atoms with E-state index in [4.69, 9.17) is 0 Å². The summed E-state index contributed by atoms with van der Waals surface area (Å²) < 4.78 is 0. The number of piperidine rings is 3. The maximum absolute atomic E-state index is 3.51. The van der Waals surface area contributed by atoms with Crippen molar-refractivity contribution in [1.82, 2.24) is 44.9 Å². The zero-order valence-electron chi connectivity index (χ0n) is 55.7. The molecule has 9 nitrogen and oxygen atoms in total. The van der Waals surface area contributed by atoms with Crippen molar-refractivity contribution in [2.24, 2.45) is 35.5 Å². The highest BCUT2D eigenvalue weighted by Gasteiger charge is 2.24. The second-order valence-corrected chi connectivity index (χ2v) is 28.2. The average molecular weight is 1070 g/mol. The molecule has 0 saturated carbocycles. The summed E-state index contributed by atoms with van der Waals surface area (Å²) in [7, 11) is 0. The van der Waals surface area contributed by atoms with Crippen molar-refractivity contribution in [3.8, 4) is 0 Å². The zero-order valence-corrected chi connectivity index (χ0v) is 55.7. The fraction of sp³-hybridized carbons (Fsp3) is 1.00. The molecule has 5 aliphatic heterocycles. The van der Waals surface area contributed by atoms with Crippen molar-refractivity contribution in [2.75, 3.05) is 118 Å². The SMILES string of the molecule is CC(C)CCC1CCN(C(C)C)CC1.CC(C)CCCCC1CCN(C(C)C)CC1.CC(C)CCCCN1CCN(C(C)C)CC1.CC(C)NCCC1CCN(C(C)C)CC1.CC(C)NCCN1CCN(C(C)C)CC1. The van der Waals surface area contributed by atoms with Gasteiger partial charge in [0, 0.05) is 108 Å². The molecule has 5 heterocycles. The number of likely N-dealkylation sites (tertiary alicyclic amines) is 3. The average Bonchev–Trinajstić information content (AvgIpc) is 3.37. The lowest BCUT2D eigenvalue weighted by Crippen LogP contribution is -2.50. The molecule has 2 N–H and O–H groups in total. The van der Waals surface area contributed by atoms with Crippen LogP contribution in [0.15, 0.2) is 0 Å². The van der Waals surface area contributed by atoms with E-state index in [-0.39, 0.29) is 0 Å². The molecule has 0 bridgehead atoms. The van der Waals surface area contributed by atoms with Crippen molar-refractivity contribution in [3.05, 3.63) is 0 Å². The van der Waals surface area contributed by atoms with Crippen LogP contribution in [-0.2, 0) is 0 Å². The highest BCUT2D eigenvalue weighted by atomic mass is 15.3. The van der Waals surface area contributed by atoms with Gasteiger partial charge in [0.2, 0.25) is 0 Å². The minimum absolute atomic E-state index is 0.613. The fourth-order valence-corrected chi connectivity index (χ4v) is 11.8. The van der Waals surface area contributed by atoms with Gasteiger partial charge in [0.1, 0.15) is 0 Å². The summed E-state index contributed by atoms with van der Waals surface area (Å²) in [5, 5.41) is 6.98. The smallest absolute Gasteiger partial charge is 0.0113 e. The van der Waals surface area contributed by atoms with Gasteiger partial charge in [-0.1, -0.05) is 121 Å². The number of nitrogens with zero attached hydrogens (tertiary/aromatic N) is 7. The van der Waals surface area contributed by atoms with Crippen LogP contribution in [-0.4, -0.2) is 194 Å². The molecule has 0 amide bonds. The Bertz CT molecular complexity index is 1160. The van der Waals surface area contributed by atoms with Crippen LogP contribution in [0.4, 0.5) is 0 Å². The fourth-order valence-electron chi connectivity index (χ4n) is 11.8. The van der Waals surface area contributed by atoms with E-state index in [1.807, 2.05) is 0 Å². The number of hydrogen-bond donors (Lipinski definition) is 2. The summed E-state index contributed by atoms with van der Waals surface area (Å²) in [5.41, 5.74) is 0. The zero-order chi connectivity index (χ0) is 57.0. The molecule has 0 aliphatic carbocycles. The number of hydrogen-bond acceptors (Lipinski definition) is 9. The van der Waals surface area contributed by atoms with Crippen LogP contribution >= 0.6 is 0 Å². The van der Waals surface area contributed by atoms with E-state index < -0.39 is 0 Å². The molecule has 76 heavy (non-hydrogen) atoms. The minimum Gasteiger partial charge on any atom is -0.315 e. The molecule has 0 spiro atoms. The third kappa shape index (κ3) is 38.4. The van der Waals surface area contributed by atoms with Gasteiger partial charge in [-0.3, -0.25) is 14.7 Å². The Morgan fingerprint density at radius 1 is 0.289 bits per heavy atom. The molecule has 0 aromatic carbocycles. The van der Waals surface area contributed by atoms with Crippen molar-refractivity contribution in [2.45, 2.75) is 284 Å². The molecular weight excluding hydrogens is 931 g/mol. The normalized spacial score (nSPS) is 20.3. The molecule has 5 fully saturated rings. The summed E-state index contributed by atoms with van der Waals surface area (Å²) in [6.07, 6.45) is 22.8. The van der Waals surface area contributed by atoms with Gasteiger partial charge in [0.25, 0.3) is 0 Å². The molecule has 9 heteroatoms. The van der Waals surface area contributed by atoms with Gasteiger partial charge < -0.3 is 30.2 Å². The third-order valence-corrected chi connectivity index (χ3v) is 17.8. The third-order valence-electron chi connectivity index (χ3n) is 17.8. The van der Waals surface area contributed by atoms with E-state index >= 15 is 0 Å². The lowest BCUT2D eigenvalue weighted by molar-refractivity contribution is 0.107. The summed E-state index contributed by atoms with van der Waals surface area (Å²) in [6, 6.07) is 4.93. The number of nitrogens with one attached hydrogen (secondary N) is 2. The Morgan fingerprint density at radius 3 is 0.934 bits per heavy atom. The van der Waals surface area contributed by atoms with E-state index in [1.54, 1.807) is 0 Å². The summed E-state index contributed by atoms with van der Waals surface area (Å²) >= 11 is 0. The van der Waals surface area contributed by atoms with Crippen molar-refractivity contribution in [3.63, 3.8) is 0 Å². The molecular formula is C67H143N9. The second-order valence-electron chi connectivity index (χ2n) is 28.2. The Hall–Kier alpha value is -0.360. The van der Waals surface area contributed by atoms with Crippen molar-refractivity contribution in [1.29, 1.82) is 0 Å². The maximum Gasteiger partial charge on any atom is 0.0113 e. The molecule has 0 aromatic heterocycles. The topological polar surface area (TPSA) is 46.7 Å². The first-order valence-corrected chi connectivity index (χ1v) is 33.6.